The molecule has 1 unspecified atom stereocenters. The van der Waals surface area contributed by atoms with Crippen LogP contribution in [-0.2, 0) is 6.54 Å². The van der Waals surface area contributed by atoms with E-state index < -0.39 is 0 Å². The third-order valence-corrected chi connectivity index (χ3v) is 3.87. The van der Waals surface area contributed by atoms with Crippen LogP contribution in [0.3, 0.4) is 0 Å². The van der Waals surface area contributed by atoms with E-state index in [0.29, 0.717) is 0 Å². The summed E-state index contributed by atoms with van der Waals surface area (Å²) in [5, 5.41) is 3.47. The van der Waals surface area contributed by atoms with Gasteiger partial charge in [0.25, 0.3) is 0 Å². The maximum Gasteiger partial charge on any atom is 0.161 e. The van der Waals surface area contributed by atoms with E-state index in [2.05, 4.69) is 29.4 Å². The van der Waals surface area contributed by atoms with Gasteiger partial charge in [-0.1, -0.05) is 6.07 Å². The molecule has 0 aliphatic carbocycles. The number of piperidine rings is 1. The quantitative estimate of drug-likeness (QED) is 0.864. The van der Waals surface area contributed by atoms with Crippen molar-refractivity contribution in [1.29, 1.82) is 0 Å². The van der Waals surface area contributed by atoms with Crippen molar-refractivity contribution in [2.45, 2.75) is 19.4 Å². The Balaban J connectivity index is 1.91. The van der Waals surface area contributed by atoms with Gasteiger partial charge in [0.2, 0.25) is 0 Å². The summed E-state index contributed by atoms with van der Waals surface area (Å²) in [6.45, 7) is 4.41. The highest BCUT2D eigenvalue weighted by atomic mass is 16.5. The molecule has 0 spiro atoms. The van der Waals surface area contributed by atoms with Gasteiger partial charge in [0.05, 0.1) is 14.2 Å². The molecule has 112 valence electrons. The Hall–Kier alpha value is -1.26. The molecule has 1 aromatic carbocycles. The lowest BCUT2D eigenvalue weighted by Crippen LogP contribution is -2.36. The van der Waals surface area contributed by atoms with Crippen LogP contribution in [0.2, 0.25) is 0 Å². The van der Waals surface area contributed by atoms with Crippen LogP contribution < -0.4 is 14.8 Å². The van der Waals surface area contributed by atoms with Crippen molar-refractivity contribution in [2.75, 3.05) is 40.9 Å². The first-order chi connectivity index (χ1) is 9.72. The second kappa shape index (κ2) is 7.50. The maximum absolute atomic E-state index is 5.35. The molecule has 2 rings (SSSR count). The zero-order chi connectivity index (χ0) is 14.4. The second-order valence-electron chi connectivity index (χ2n) is 5.60. The number of nitrogens with zero attached hydrogens (tertiary/aromatic N) is 1. The van der Waals surface area contributed by atoms with Crippen molar-refractivity contribution in [2.24, 2.45) is 5.92 Å². The molecule has 0 aromatic heterocycles. The van der Waals surface area contributed by atoms with Crippen LogP contribution in [0.1, 0.15) is 18.4 Å². The molecule has 0 saturated carbocycles. The Morgan fingerprint density at radius 2 is 2.05 bits per heavy atom. The van der Waals surface area contributed by atoms with E-state index in [1.54, 1.807) is 14.2 Å². The Morgan fingerprint density at radius 1 is 1.25 bits per heavy atom. The predicted molar refractivity (Wildman–Crippen MR) is 81.5 cm³/mol. The Morgan fingerprint density at radius 3 is 2.70 bits per heavy atom. The monoisotopic (exact) mass is 278 g/mol. The third-order valence-electron chi connectivity index (χ3n) is 3.87. The minimum Gasteiger partial charge on any atom is -0.493 e. The van der Waals surface area contributed by atoms with Crippen molar-refractivity contribution in [1.82, 2.24) is 10.2 Å². The molecular weight excluding hydrogens is 252 g/mol. The van der Waals surface area contributed by atoms with Gasteiger partial charge in [-0.25, -0.2) is 0 Å². The fourth-order valence-electron chi connectivity index (χ4n) is 2.88. The summed E-state index contributed by atoms with van der Waals surface area (Å²) in [6.07, 6.45) is 2.64. The molecule has 1 saturated heterocycles. The van der Waals surface area contributed by atoms with E-state index >= 15 is 0 Å². The summed E-state index contributed by atoms with van der Waals surface area (Å²) in [6, 6.07) is 6.15. The fourth-order valence-corrected chi connectivity index (χ4v) is 2.88. The number of nitrogens with one attached hydrogen (secondary N) is 1. The number of benzene rings is 1. The van der Waals surface area contributed by atoms with Gasteiger partial charge < -0.3 is 19.7 Å². The number of methoxy groups -OCH3 is 2. The average Bonchev–Trinajstić information content (AvgIpc) is 2.48. The summed E-state index contributed by atoms with van der Waals surface area (Å²) in [5.41, 5.74) is 1.26. The van der Waals surface area contributed by atoms with Crippen LogP contribution in [0.5, 0.6) is 11.5 Å². The van der Waals surface area contributed by atoms with Crippen LogP contribution in [0.15, 0.2) is 18.2 Å². The van der Waals surface area contributed by atoms with Gasteiger partial charge in [-0.2, -0.15) is 0 Å². The van der Waals surface area contributed by atoms with Crippen LogP contribution in [0.25, 0.3) is 0 Å². The molecule has 1 aromatic rings. The van der Waals surface area contributed by atoms with Crippen LogP contribution >= 0.6 is 0 Å². The lowest BCUT2D eigenvalue weighted by molar-refractivity contribution is 0.237. The summed E-state index contributed by atoms with van der Waals surface area (Å²) in [4.78, 5) is 2.39. The van der Waals surface area contributed by atoms with E-state index in [1.807, 2.05) is 6.07 Å². The van der Waals surface area contributed by atoms with Crippen molar-refractivity contribution in [3.8, 4) is 11.5 Å². The van der Waals surface area contributed by atoms with E-state index in [-0.39, 0.29) is 0 Å². The largest absolute Gasteiger partial charge is 0.493 e. The van der Waals surface area contributed by atoms with Crippen LogP contribution in [-0.4, -0.2) is 45.8 Å². The zero-order valence-electron chi connectivity index (χ0n) is 12.8. The average molecular weight is 278 g/mol. The highest BCUT2D eigenvalue weighted by Crippen LogP contribution is 2.28. The van der Waals surface area contributed by atoms with Crippen molar-refractivity contribution >= 4 is 0 Å². The summed E-state index contributed by atoms with van der Waals surface area (Å²) < 4.78 is 10.6. The van der Waals surface area contributed by atoms with Gasteiger partial charge in [-0.15, -0.1) is 0 Å². The van der Waals surface area contributed by atoms with E-state index in [4.69, 9.17) is 9.47 Å². The van der Waals surface area contributed by atoms with Crippen molar-refractivity contribution < 1.29 is 9.47 Å². The first-order valence-electron chi connectivity index (χ1n) is 7.33. The first kappa shape index (κ1) is 15.1. The molecule has 20 heavy (non-hydrogen) atoms. The highest BCUT2D eigenvalue weighted by molar-refractivity contribution is 5.42. The topological polar surface area (TPSA) is 33.7 Å². The SMILES string of the molecule is COc1ccc(CN(C)CC2CCCNC2)cc1OC. The molecule has 4 heteroatoms. The van der Waals surface area contributed by atoms with E-state index in [0.717, 1.165) is 37.1 Å². The molecule has 0 amide bonds. The Labute approximate surface area is 122 Å². The molecule has 1 N–H and O–H groups in total. The lowest BCUT2D eigenvalue weighted by Gasteiger charge is -2.27. The van der Waals surface area contributed by atoms with Crippen molar-refractivity contribution in [3.05, 3.63) is 23.8 Å². The molecule has 1 atom stereocenters. The standard InChI is InChI=1S/C16H26N2O2/c1-18(12-14-5-4-8-17-10-14)11-13-6-7-15(19-2)16(9-13)20-3/h6-7,9,14,17H,4-5,8,10-12H2,1-3H3. The predicted octanol–water partition coefficient (Wildman–Crippen LogP) is 2.14. The van der Waals surface area contributed by atoms with Gasteiger partial charge >= 0.3 is 0 Å². The maximum atomic E-state index is 5.35. The Kier molecular flexibility index (Phi) is 5.68. The number of hydrogen-bond acceptors (Lipinski definition) is 4. The van der Waals surface area contributed by atoms with Gasteiger partial charge in [-0.05, 0) is 56.6 Å². The van der Waals surface area contributed by atoms with Crippen LogP contribution in [0.4, 0.5) is 0 Å². The molecule has 1 fully saturated rings. The van der Waals surface area contributed by atoms with Gasteiger partial charge in [0.15, 0.2) is 11.5 Å². The number of rotatable bonds is 6. The fraction of sp³-hybridized carbons (Fsp3) is 0.625. The van der Waals surface area contributed by atoms with Crippen molar-refractivity contribution in [3.63, 3.8) is 0 Å². The number of hydrogen-bond donors (Lipinski definition) is 1. The minimum absolute atomic E-state index is 0.772. The summed E-state index contributed by atoms with van der Waals surface area (Å²) in [7, 11) is 5.53. The normalized spacial score (nSPS) is 19.1. The second-order valence-corrected chi connectivity index (χ2v) is 5.60. The number of ether oxygens (including phenoxy) is 2. The third kappa shape index (κ3) is 4.12. The highest BCUT2D eigenvalue weighted by Gasteiger charge is 2.15. The van der Waals surface area contributed by atoms with E-state index in [9.17, 15) is 0 Å². The van der Waals surface area contributed by atoms with Gasteiger partial charge in [0.1, 0.15) is 0 Å². The molecule has 0 radical (unpaired) electrons. The summed E-state index contributed by atoms with van der Waals surface area (Å²) >= 11 is 0. The molecule has 0 bridgehead atoms. The van der Waals surface area contributed by atoms with Gasteiger partial charge in [0, 0.05) is 13.1 Å². The first-order valence-corrected chi connectivity index (χ1v) is 7.33. The molecule has 1 heterocycles. The van der Waals surface area contributed by atoms with Crippen LogP contribution in [0, 0.1) is 5.92 Å². The minimum atomic E-state index is 0.772. The molecule has 1 aliphatic rings. The lowest BCUT2D eigenvalue weighted by atomic mass is 9.99. The summed E-state index contributed by atoms with van der Waals surface area (Å²) in [5.74, 6) is 2.36. The smallest absolute Gasteiger partial charge is 0.161 e. The Bertz CT molecular complexity index is 417. The zero-order valence-corrected chi connectivity index (χ0v) is 12.8. The molecule has 1 aliphatic heterocycles. The molecule has 4 nitrogen and oxygen atoms in total. The molecular formula is C16H26N2O2. The van der Waals surface area contributed by atoms with E-state index in [1.165, 1.54) is 24.9 Å². The van der Waals surface area contributed by atoms with Gasteiger partial charge in [-0.3, -0.25) is 0 Å².